The molecule has 0 bridgehead atoms. The minimum Gasteiger partial charge on any atom is -0.493 e. The highest BCUT2D eigenvalue weighted by Crippen LogP contribution is 2.32. The first-order valence-corrected chi connectivity index (χ1v) is 13.0. The van der Waals surface area contributed by atoms with Crippen molar-refractivity contribution in [2.75, 3.05) is 19.5 Å². The van der Waals surface area contributed by atoms with Crippen molar-refractivity contribution in [3.05, 3.63) is 87.2 Å². The lowest BCUT2D eigenvalue weighted by Crippen LogP contribution is -2.28. The van der Waals surface area contributed by atoms with Crippen molar-refractivity contribution in [2.24, 2.45) is 0 Å². The number of rotatable bonds is 9. The quantitative estimate of drug-likeness (QED) is 0.210. The molecule has 1 heterocycles. The van der Waals surface area contributed by atoms with Gasteiger partial charge in [0.05, 0.1) is 36.9 Å². The summed E-state index contributed by atoms with van der Waals surface area (Å²) in [5.41, 5.74) is 2.89. The Morgan fingerprint density at radius 1 is 1.08 bits per heavy atom. The maximum atomic E-state index is 13.7. The highest BCUT2D eigenvalue weighted by Gasteiger charge is 2.23. The van der Waals surface area contributed by atoms with Gasteiger partial charge in [-0.05, 0) is 54.8 Å². The number of fused-ring (bicyclic) bond motifs is 1. The monoisotopic (exact) mass is 537 g/mol. The summed E-state index contributed by atoms with van der Waals surface area (Å²) in [5, 5.41) is 3.96. The number of carbonyl (C=O) groups is 1. The van der Waals surface area contributed by atoms with Gasteiger partial charge < -0.3 is 14.8 Å². The molecular formula is C28H28ClN3O4S. The molecule has 1 N–H and O–H groups in total. The largest absolute Gasteiger partial charge is 0.493 e. The second-order valence-electron chi connectivity index (χ2n) is 8.51. The van der Waals surface area contributed by atoms with E-state index in [1.807, 2.05) is 50.2 Å². The number of anilines is 1. The minimum atomic E-state index is -0.471. The minimum absolute atomic E-state index is 0.155. The number of ether oxygens (including phenoxy) is 2. The molecule has 0 saturated carbocycles. The van der Waals surface area contributed by atoms with E-state index in [4.69, 9.17) is 26.1 Å². The van der Waals surface area contributed by atoms with E-state index in [0.29, 0.717) is 39.0 Å². The van der Waals surface area contributed by atoms with Gasteiger partial charge in [-0.25, -0.2) is 4.98 Å². The van der Waals surface area contributed by atoms with Crippen LogP contribution in [-0.2, 0) is 11.3 Å². The van der Waals surface area contributed by atoms with Crippen molar-refractivity contribution in [2.45, 2.75) is 37.2 Å². The van der Waals surface area contributed by atoms with Crippen LogP contribution in [0.15, 0.2) is 70.6 Å². The predicted octanol–water partition coefficient (Wildman–Crippen LogP) is 5.93. The average molecular weight is 538 g/mol. The van der Waals surface area contributed by atoms with Crippen molar-refractivity contribution >= 4 is 45.9 Å². The smallest absolute Gasteiger partial charge is 0.262 e. The molecule has 4 aromatic rings. The van der Waals surface area contributed by atoms with Gasteiger partial charge in [-0.2, -0.15) is 0 Å². The summed E-state index contributed by atoms with van der Waals surface area (Å²) in [6, 6.07) is 18.2. The summed E-state index contributed by atoms with van der Waals surface area (Å²) in [4.78, 5) is 31.8. The second kappa shape index (κ2) is 11.7. The van der Waals surface area contributed by atoms with E-state index in [-0.39, 0.29) is 18.0 Å². The Kier molecular flexibility index (Phi) is 8.41. The molecule has 3 aromatic carbocycles. The van der Waals surface area contributed by atoms with Gasteiger partial charge in [0.25, 0.3) is 5.56 Å². The van der Waals surface area contributed by atoms with Crippen LogP contribution < -0.4 is 20.3 Å². The molecule has 4 rings (SSSR count). The van der Waals surface area contributed by atoms with Crippen LogP contribution in [0.3, 0.4) is 0 Å². The Labute approximate surface area is 224 Å². The van der Waals surface area contributed by atoms with Gasteiger partial charge in [-0.15, -0.1) is 0 Å². The first-order valence-electron chi connectivity index (χ1n) is 11.8. The number of amides is 1. The van der Waals surface area contributed by atoms with E-state index < -0.39 is 5.25 Å². The number of methoxy groups -OCH3 is 2. The SMILES string of the molecule is CCC(Sc1nc2cc(OC)c(OC)cc2c(=O)n1Cc1ccc(Cl)cc1)C(=O)Nc1cccc(C)c1. The highest BCUT2D eigenvalue weighted by atomic mass is 35.5. The molecule has 0 fully saturated rings. The lowest BCUT2D eigenvalue weighted by atomic mass is 10.2. The third-order valence-corrected chi connectivity index (χ3v) is 7.48. The highest BCUT2D eigenvalue weighted by molar-refractivity contribution is 8.00. The zero-order valence-electron chi connectivity index (χ0n) is 21.1. The molecule has 1 unspecified atom stereocenters. The Balaban J connectivity index is 1.77. The second-order valence-corrected chi connectivity index (χ2v) is 10.1. The van der Waals surface area contributed by atoms with Gasteiger partial charge in [0.2, 0.25) is 5.91 Å². The number of aromatic nitrogens is 2. The summed E-state index contributed by atoms with van der Waals surface area (Å²) in [5.74, 6) is 0.756. The summed E-state index contributed by atoms with van der Waals surface area (Å²) in [6.45, 7) is 4.18. The Hall–Kier alpha value is -3.49. The molecule has 0 saturated heterocycles. The molecule has 0 radical (unpaired) electrons. The molecular weight excluding hydrogens is 510 g/mol. The van der Waals surface area contributed by atoms with Gasteiger partial charge >= 0.3 is 0 Å². The lowest BCUT2D eigenvalue weighted by Gasteiger charge is -2.19. The van der Waals surface area contributed by atoms with E-state index in [2.05, 4.69) is 5.32 Å². The number of benzene rings is 3. The lowest BCUT2D eigenvalue weighted by molar-refractivity contribution is -0.115. The van der Waals surface area contributed by atoms with Crippen LogP contribution in [0.25, 0.3) is 10.9 Å². The molecule has 0 aliphatic carbocycles. The van der Waals surface area contributed by atoms with Gasteiger partial charge in [0, 0.05) is 16.8 Å². The summed E-state index contributed by atoms with van der Waals surface area (Å²) in [6.07, 6.45) is 0.545. The average Bonchev–Trinajstić information content (AvgIpc) is 2.89. The van der Waals surface area contributed by atoms with E-state index in [9.17, 15) is 9.59 Å². The van der Waals surface area contributed by atoms with Gasteiger partial charge in [-0.3, -0.25) is 14.2 Å². The Bertz CT molecular complexity index is 1490. The van der Waals surface area contributed by atoms with Crippen LogP contribution in [-0.4, -0.2) is 34.9 Å². The number of thioether (sulfide) groups is 1. The maximum absolute atomic E-state index is 13.7. The first kappa shape index (κ1) is 26.6. The Morgan fingerprint density at radius 3 is 2.43 bits per heavy atom. The molecule has 192 valence electrons. The molecule has 1 atom stereocenters. The molecule has 7 nitrogen and oxygen atoms in total. The standard InChI is InChI=1S/C28H28ClN3O4S/c1-5-25(26(33)30-20-8-6-7-17(2)13-20)37-28-31-22-15-24(36-4)23(35-3)14-21(22)27(34)32(28)16-18-9-11-19(29)12-10-18/h6-15,25H,5,16H2,1-4H3,(H,30,33). The van der Waals surface area contributed by atoms with Crippen molar-refractivity contribution in [1.29, 1.82) is 0 Å². The molecule has 0 aliphatic rings. The number of nitrogens with one attached hydrogen (secondary N) is 1. The zero-order chi connectivity index (χ0) is 26.5. The van der Waals surface area contributed by atoms with Gasteiger partial charge in [0.1, 0.15) is 0 Å². The fourth-order valence-corrected chi connectivity index (χ4v) is 5.06. The van der Waals surface area contributed by atoms with Gasteiger partial charge in [0.15, 0.2) is 16.7 Å². The molecule has 1 amide bonds. The third kappa shape index (κ3) is 6.09. The number of hydrogen-bond donors (Lipinski definition) is 1. The van der Waals surface area contributed by atoms with E-state index in [1.54, 1.807) is 28.8 Å². The van der Waals surface area contributed by atoms with Crippen LogP contribution in [0.2, 0.25) is 5.02 Å². The fraction of sp³-hybridized carbons (Fsp3) is 0.250. The number of nitrogens with zero attached hydrogens (tertiary/aromatic N) is 2. The molecule has 37 heavy (non-hydrogen) atoms. The summed E-state index contributed by atoms with van der Waals surface area (Å²) in [7, 11) is 3.05. The van der Waals surface area contributed by atoms with E-state index >= 15 is 0 Å². The molecule has 9 heteroatoms. The maximum Gasteiger partial charge on any atom is 0.262 e. The van der Waals surface area contributed by atoms with Crippen LogP contribution >= 0.6 is 23.4 Å². The fourth-order valence-electron chi connectivity index (χ4n) is 3.92. The van der Waals surface area contributed by atoms with Crippen LogP contribution in [0.5, 0.6) is 11.5 Å². The van der Waals surface area contributed by atoms with Crippen LogP contribution in [0.1, 0.15) is 24.5 Å². The Morgan fingerprint density at radius 2 is 1.78 bits per heavy atom. The van der Waals surface area contributed by atoms with Gasteiger partial charge in [-0.1, -0.05) is 54.6 Å². The van der Waals surface area contributed by atoms with Crippen LogP contribution in [0.4, 0.5) is 5.69 Å². The summed E-state index contributed by atoms with van der Waals surface area (Å²) >= 11 is 7.32. The topological polar surface area (TPSA) is 82.5 Å². The third-order valence-electron chi connectivity index (χ3n) is 5.87. The van der Waals surface area contributed by atoms with Crippen molar-refractivity contribution in [3.8, 4) is 11.5 Å². The van der Waals surface area contributed by atoms with Crippen molar-refractivity contribution in [1.82, 2.24) is 9.55 Å². The van der Waals surface area contributed by atoms with Crippen LogP contribution in [0, 0.1) is 6.92 Å². The van der Waals surface area contributed by atoms with Crippen molar-refractivity contribution in [3.63, 3.8) is 0 Å². The number of aryl methyl sites for hydroxylation is 1. The normalized spacial score (nSPS) is 11.8. The number of halogens is 1. The molecule has 0 spiro atoms. The summed E-state index contributed by atoms with van der Waals surface area (Å²) < 4.78 is 12.4. The van der Waals surface area contributed by atoms with E-state index in [0.717, 1.165) is 16.8 Å². The molecule has 1 aromatic heterocycles. The molecule has 0 aliphatic heterocycles. The number of carbonyl (C=O) groups excluding carboxylic acids is 1. The first-order chi connectivity index (χ1) is 17.8. The number of hydrogen-bond acceptors (Lipinski definition) is 6. The van der Waals surface area contributed by atoms with E-state index in [1.165, 1.54) is 26.0 Å². The zero-order valence-corrected chi connectivity index (χ0v) is 22.7. The predicted molar refractivity (Wildman–Crippen MR) is 149 cm³/mol. The van der Waals surface area contributed by atoms with Crippen molar-refractivity contribution < 1.29 is 14.3 Å².